The number of carbonyl (C=O) groups excluding carboxylic acids is 1. The Labute approximate surface area is 106 Å². The van der Waals surface area contributed by atoms with Crippen LogP contribution in [0, 0.1) is 5.82 Å². The van der Waals surface area contributed by atoms with E-state index in [0.29, 0.717) is 0 Å². The van der Waals surface area contributed by atoms with Crippen LogP contribution < -0.4 is 10.2 Å². The smallest absolute Gasteiger partial charge is 0.234 e. The third-order valence-electron chi connectivity index (χ3n) is 4.00. The first-order chi connectivity index (χ1) is 8.68. The lowest BCUT2D eigenvalue weighted by molar-refractivity contribution is -0.119. The molecule has 1 unspecified atom stereocenters. The molecular formula is C14H17FN2O. The van der Waals surface area contributed by atoms with Gasteiger partial charge in [0.25, 0.3) is 0 Å². The molecule has 18 heavy (non-hydrogen) atoms. The molecule has 2 aliphatic heterocycles. The average molecular weight is 248 g/mol. The second kappa shape index (κ2) is 4.35. The maximum atomic E-state index is 13.3. The molecule has 1 amide bonds. The molecule has 2 heterocycles. The minimum atomic E-state index is -0.263. The molecular weight excluding hydrogens is 231 g/mol. The molecule has 0 radical (unpaired) electrons. The van der Waals surface area contributed by atoms with Gasteiger partial charge in [0.2, 0.25) is 5.91 Å². The third-order valence-corrected chi connectivity index (χ3v) is 4.00. The van der Waals surface area contributed by atoms with E-state index in [2.05, 4.69) is 5.32 Å². The van der Waals surface area contributed by atoms with Crippen LogP contribution in [0.2, 0.25) is 0 Å². The molecule has 1 N–H and O–H groups in total. The van der Waals surface area contributed by atoms with Crippen molar-refractivity contribution >= 4 is 11.6 Å². The fourth-order valence-corrected chi connectivity index (χ4v) is 2.99. The van der Waals surface area contributed by atoms with E-state index in [1.807, 2.05) is 11.8 Å². The van der Waals surface area contributed by atoms with Crippen molar-refractivity contribution in [1.29, 1.82) is 0 Å². The Balaban J connectivity index is 1.98. The van der Waals surface area contributed by atoms with Gasteiger partial charge in [-0.3, -0.25) is 4.79 Å². The average Bonchev–Trinajstić information content (AvgIpc) is 2.64. The van der Waals surface area contributed by atoms with Crippen LogP contribution in [0.25, 0.3) is 0 Å². The van der Waals surface area contributed by atoms with Gasteiger partial charge in [-0.2, -0.15) is 0 Å². The molecule has 3 nitrogen and oxygen atoms in total. The lowest BCUT2D eigenvalue weighted by Gasteiger charge is -2.32. The van der Waals surface area contributed by atoms with Gasteiger partial charge in [0.1, 0.15) is 5.82 Å². The number of hydrogen-bond donors (Lipinski definition) is 1. The molecule has 2 aliphatic rings. The topological polar surface area (TPSA) is 32.3 Å². The summed E-state index contributed by atoms with van der Waals surface area (Å²) >= 11 is 0. The summed E-state index contributed by atoms with van der Waals surface area (Å²) in [7, 11) is 0. The van der Waals surface area contributed by atoms with E-state index in [1.165, 1.54) is 12.1 Å². The number of anilines is 1. The summed E-state index contributed by atoms with van der Waals surface area (Å²) in [6.45, 7) is 3.75. The van der Waals surface area contributed by atoms with Crippen molar-refractivity contribution in [2.45, 2.75) is 31.7 Å². The normalized spacial score (nSPS) is 24.4. The third kappa shape index (κ3) is 1.72. The van der Waals surface area contributed by atoms with E-state index in [4.69, 9.17) is 0 Å². The predicted octanol–water partition coefficient (Wildman–Crippen LogP) is 2.03. The summed E-state index contributed by atoms with van der Waals surface area (Å²) in [6.07, 6.45) is 1.94. The maximum Gasteiger partial charge on any atom is 0.234 e. The minimum Gasteiger partial charge on any atom is -0.317 e. The highest BCUT2D eigenvalue weighted by atomic mass is 19.1. The zero-order chi connectivity index (χ0) is 12.7. The molecule has 1 aromatic rings. The first-order valence-electron chi connectivity index (χ1n) is 6.51. The number of nitrogens with one attached hydrogen (secondary N) is 1. The number of benzene rings is 1. The van der Waals surface area contributed by atoms with Gasteiger partial charge in [0, 0.05) is 11.7 Å². The first-order valence-corrected chi connectivity index (χ1v) is 6.51. The standard InChI is InChI=1S/C14H17FN2O/c1-9-12-8-10(15)2-3-13(12)17(14(9)18)11-4-6-16-7-5-11/h2-3,8-9,11,16H,4-7H2,1H3. The number of piperidine rings is 1. The summed E-state index contributed by atoms with van der Waals surface area (Å²) in [5.41, 5.74) is 1.74. The summed E-state index contributed by atoms with van der Waals surface area (Å²) in [5, 5.41) is 3.30. The second-order valence-electron chi connectivity index (χ2n) is 5.11. The second-order valence-corrected chi connectivity index (χ2v) is 5.11. The number of amides is 1. The van der Waals surface area contributed by atoms with E-state index in [9.17, 15) is 9.18 Å². The van der Waals surface area contributed by atoms with Crippen LogP contribution in [-0.4, -0.2) is 25.0 Å². The number of nitrogens with zero attached hydrogens (tertiary/aromatic N) is 1. The van der Waals surface area contributed by atoms with Gasteiger partial charge in [0.15, 0.2) is 0 Å². The van der Waals surface area contributed by atoms with Gasteiger partial charge >= 0.3 is 0 Å². The molecule has 4 heteroatoms. The largest absolute Gasteiger partial charge is 0.317 e. The van der Waals surface area contributed by atoms with Crippen LogP contribution in [0.4, 0.5) is 10.1 Å². The van der Waals surface area contributed by atoms with Gasteiger partial charge in [-0.05, 0) is 56.6 Å². The van der Waals surface area contributed by atoms with Crippen LogP contribution in [0.1, 0.15) is 31.2 Å². The van der Waals surface area contributed by atoms with Crippen LogP contribution >= 0.6 is 0 Å². The van der Waals surface area contributed by atoms with Crippen LogP contribution in [0.15, 0.2) is 18.2 Å². The Bertz CT molecular complexity index is 483. The van der Waals surface area contributed by atoms with Crippen LogP contribution in [0.5, 0.6) is 0 Å². The lowest BCUT2D eigenvalue weighted by Crippen LogP contribution is -2.45. The van der Waals surface area contributed by atoms with Gasteiger partial charge in [-0.1, -0.05) is 0 Å². The number of halogens is 1. The van der Waals surface area contributed by atoms with E-state index in [1.54, 1.807) is 6.07 Å². The van der Waals surface area contributed by atoms with Gasteiger partial charge in [0.05, 0.1) is 5.92 Å². The number of hydrogen-bond acceptors (Lipinski definition) is 2. The molecule has 3 rings (SSSR count). The molecule has 0 spiro atoms. The van der Waals surface area contributed by atoms with Crippen LogP contribution in [-0.2, 0) is 4.79 Å². The molecule has 0 aliphatic carbocycles. The van der Waals surface area contributed by atoms with E-state index in [0.717, 1.165) is 37.2 Å². The van der Waals surface area contributed by atoms with Crippen molar-refractivity contribution in [3.63, 3.8) is 0 Å². The Morgan fingerprint density at radius 2 is 2.06 bits per heavy atom. The molecule has 1 saturated heterocycles. The summed E-state index contributed by atoms with van der Waals surface area (Å²) < 4.78 is 13.3. The zero-order valence-electron chi connectivity index (χ0n) is 10.4. The van der Waals surface area contributed by atoms with Crippen molar-refractivity contribution in [3.8, 4) is 0 Å². The SMILES string of the molecule is CC1C(=O)N(C2CCNCC2)c2ccc(F)cc21. The molecule has 0 aromatic heterocycles. The molecule has 1 fully saturated rings. The van der Waals surface area contributed by atoms with Crippen molar-refractivity contribution in [1.82, 2.24) is 5.32 Å². The highest BCUT2D eigenvalue weighted by molar-refractivity contribution is 6.05. The van der Waals surface area contributed by atoms with Crippen molar-refractivity contribution in [3.05, 3.63) is 29.6 Å². The maximum absolute atomic E-state index is 13.3. The Morgan fingerprint density at radius 1 is 1.33 bits per heavy atom. The van der Waals surface area contributed by atoms with Crippen LogP contribution in [0.3, 0.4) is 0 Å². The summed E-state index contributed by atoms with van der Waals surface area (Å²) in [6, 6.07) is 4.94. The number of rotatable bonds is 1. The molecule has 1 atom stereocenters. The Morgan fingerprint density at radius 3 is 2.78 bits per heavy atom. The molecule has 1 aromatic carbocycles. The lowest BCUT2D eigenvalue weighted by atomic mass is 10.0. The number of fused-ring (bicyclic) bond motifs is 1. The van der Waals surface area contributed by atoms with Crippen molar-refractivity contribution < 1.29 is 9.18 Å². The van der Waals surface area contributed by atoms with Gasteiger partial charge < -0.3 is 10.2 Å². The van der Waals surface area contributed by atoms with Gasteiger partial charge in [-0.15, -0.1) is 0 Å². The fraction of sp³-hybridized carbons (Fsp3) is 0.500. The minimum absolute atomic E-state index is 0.113. The monoisotopic (exact) mass is 248 g/mol. The van der Waals surface area contributed by atoms with Gasteiger partial charge in [-0.25, -0.2) is 4.39 Å². The summed E-state index contributed by atoms with van der Waals surface area (Å²) in [4.78, 5) is 14.2. The van der Waals surface area contributed by atoms with Crippen molar-refractivity contribution in [2.24, 2.45) is 0 Å². The Hall–Kier alpha value is -1.42. The van der Waals surface area contributed by atoms with E-state index >= 15 is 0 Å². The zero-order valence-corrected chi connectivity index (χ0v) is 10.4. The quantitative estimate of drug-likeness (QED) is 0.824. The summed E-state index contributed by atoms with van der Waals surface area (Å²) in [5.74, 6) is -0.367. The number of carbonyl (C=O) groups is 1. The van der Waals surface area contributed by atoms with E-state index < -0.39 is 0 Å². The van der Waals surface area contributed by atoms with Crippen molar-refractivity contribution in [2.75, 3.05) is 18.0 Å². The predicted molar refractivity (Wildman–Crippen MR) is 68.2 cm³/mol. The molecule has 96 valence electrons. The first kappa shape index (κ1) is 11.7. The molecule has 0 saturated carbocycles. The highest BCUT2D eigenvalue weighted by Gasteiger charge is 2.38. The fourth-order valence-electron chi connectivity index (χ4n) is 2.99. The van der Waals surface area contributed by atoms with E-state index in [-0.39, 0.29) is 23.7 Å². The highest BCUT2D eigenvalue weighted by Crippen LogP contribution is 2.39. The Kier molecular flexibility index (Phi) is 2.82. The molecule has 0 bridgehead atoms.